The molecule has 1 heterocycles. The number of nitrogens with zero attached hydrogens (tertiary/aromatic N) is 1. The zero-order valence-electron chi connectivity index (χ0n) is 6.74. The second kappa shape index (κ2) is 4.17. The van der Waals surface area contributed by atoms with E-state index in [9.17, 15) is 0 Å². The Morgan fingerprint density at radius 1 is 1.50 bits per heavy atom. The molecule has 1 aromatic rings. The number of aryl methyl sites for hydroxylation is 1. The molecule has 1 saturated carbocycles. The number of aromatic nitrogens is 1. The molecule has 0 bridgehead atoms. The fourth-order valence-electron chi connectivity index (χ4n) is 0.983. The molecule has 0 spiro atoms. The lowest BCUT2D eigenvalue weighted by atomic mass is 10.2. The van der Waals surface area contributed by atoms with Crippen LogP contribution in [0.3, 0.4) is 0 Å². The minimum atomic E-state index is -0.0369. The van der Waals surface area contributed by atoms with E-state index >= 15 is 0 Å². The van der Waals surface area contributed by atoms with Crippen molar-refractivity contribution in [2.45, 2.75) is 25.3 Å². The van der Waals surface area contributed by atoms with E-state index in [1.807, 2.05) is 6.92 Å². The SMILES string of the molecule is Br.Br.Cc1nc(C2(N)CC2)cs1. The fourth-order valence-corrected chi connectivity index (χ4v) is 1.70. The smallest absolute Gasteiger partial charge is 0.0898 e. The second-order valence-electron chi connectivity index (χ2n) is 2.91. The van der Waals surface area contributed by atoms with E-state index in [1.54, 1.807) is 11.3 Å². The first-order chi connectivity index (χ1) is 4.71. The van der Waals surface area contributed by atoms with Crippen molar-refractivity contribution in [2.24, 2.45) is 5.73 Å². The van der Waals surface area contributed by atoms with Gasteiger partial charge in [0.15, 0.2) is 0 Å². The van der Waals surface area contributed by atoms with Crippen LogP contribution >= 0.6 is 45.3 Å². The van der Waals surface area contributed by atoms with E-state index in [0.717, 1.165) is 23.5 Å². The predicted molar refractivity (Wildman–Crippen MR) is 62.6 cm³/mol. The van der Waals surface area contributed by atoms with E-state index in [0.29, 0.717) is 0 Å². The van der Waals surface area contributed by atoms with Crippen LogP contribution in [0.2, 0.25) is 0 Å². The van der Waals surface area contributed by atoms with Gasteiger partial charge in [-0.1, -0.05) is 0 Å². The summed E-state index contributed by atoms with van der Waals surface area (Å²) in [4.78, 5) is 4.34. The van der Waals surface area contributed by atoms with Gasteiger partial charge < -0.3 is 5.73 Å². The lowest BCUT2D eigenvalue weighted by Crippen LogP contribution is -2.18. The van der Waals surface area contributed by atoms with E-state index < -0.39 is 0 Å². The molecule has 0 radical (unpaired) electrons. The van der Waals surface area contributed by atoms with Gasteiger partial charge in [0.05, 0.1) is 16.2 Å². The van der Waals surface area contributed by atoms with Gasteiger partial charge in [0.2, 0.25) is 0 Å². The molecule has 0 saturated heterocycles. The van der Waals surface area contributed by atoms with Crippen molar-refractivity contribution < 1.29 is 0 Å². The zero-order chi connectivity index (χ0) is 7.19. The molecular formula is C7H12Br2N2S. The predicted octanol–water partition coefficient (Wildman–Crippen LogP) is 2.56. The van der Waals surface area contributed by atoms with E-state index in [-0.39, 0.29) is 39.5 Å². The van der Waals surface area contributed by atoms with Crippen LogP contribution in [0.5, 0.6) is 0 Å². The third kappa shape index (κ3) is 2.28. The standard InChI is InChI=1S/C7H10N2S.2BrH/c1-5-9-6(4-10-5)7(8)2-3-7;;/h4H,2-3,8H2,1H3;2*1H. The van der Waals surface area contributed by atoms with Crippen molar-refractivity contribution in [3.8, 4) is 0 Å². The largest absolute Gasteiger partial charge is 0.320 e. The number of halogens is 2. The maximum Gasteiger partial charge on any atom is 0.0898 e. The van der Waals surface area contributed by atoms with Crippen molar-refractivity contribution in [3.63, 3.8) is 0 Å². The van der Waals surface area contributed by atoms with Crippen LogP contribution in [0.1, 0.15) is 23.5 Å². The molecular weight excluding hydrogens is 304 g/mol. The Hall–Kier alpha value is 0.550. The second-order valence-corrected chi connectivity index (χ2v) is 3.97. The van der Waals surface area contributed by atoms with Gasteiger partial charge in [0.25, 0.3) is 0 Å². The van der Waals surface area contributed by atoms with Crippen LogP contribution < -0.4 is 5.73 Å². The summed E-state index contributed by atoms with van der Waals surface area (Å²) in [6.45, 7) is 2.01. The van der Waals surface area contributed by atoms with Gasteiger partial charge in [-0.15, -0.1) is 45.3 Å². The van der Waals surface area contributed by atoms with Crippen molar-refractivity contribution in [2.75, 3.05) is 0 Å². The maximum atomic E-state index is 5.93. The summed E-state index contributed by atoms with van der Waals surface area (Å²) in [5, 5.41) is 3.19. The molecule has 2 N–H and O–H groups in total. The van der Waals surface area contributed by atoms with Crippen LogP contribution in [0.25, 0.3) is 0 Å². The van der Waals surface area contributed by atoms with Crippen LogP contribution in [-0.2, 0) is 5.54 Å². The van der Waals surface area contributed by atoms with Crippen molar-refractivity contribution >= 4 is 45.3 Å². The summed E-state index contributed by atoms with van der Waals surface area (Å²) >= 11 is 1.68. The fraction of sp³-hybridized carbons (Fsp3) is 0.571. The number of nitrogens with two attached hydrogens (primary N) is 1. The summed E-state index contributed by atoms with van der Waals surface area (Å²) in [7, 11) is 0. The molecule has 1 aliphatic carbocycles. The Kier molecular flexibility index (Phi) is 4.37. The minimum Gasteiger partial charge on any atom is -0.320 e. The lowest BCUT2D eigenvalue weighted by molar-refractivity contribution is 0.712. The topological polar surface area (TPSA) is 38.9 Å². The van der Waals surface area contributed by atoms with E-state index in [4.69, 9.17) is 5.73 Å². The summed E-state index contributed by atoms with van der Waals surface area (Å²) in [5.74, 6) is 0. The number of rotatable bonds is 1. The molecule has 12 heavy (non-hydrogen) atoms. The highest BCUT2D eigenvalue weighted by Gasteiger charge is 2.41. The van der Waals surface area contributed by atoms with Crippen molar-refractivity contribution in [3.05, 3.63) is 16.1 Å². The molecule has 5 heteroatoms. The summed E-state index contributed by atoms with van der Waals surface area (Å²) in [6, 6.07) is 0. The molecule has 2 nitrogen and oxygen atoms in total. The Labute approximate surface area is 97.1 Å². The van der Waals surface area contributed by atoms with Crippen molar-refractivity contribution in [1.29, 1.82) is 0 Å². The first-order valence-corrected chi connectivity index (χ1v) is 4.30. The molecule has 0 amide bonds. The Bertz CT molecular complexity index is 258. The van der Waals surface area contributed by atoms with E-state index in [1.165, 1.54) is 0 Å². The van der Waals surface area contributed by atoms with Gasteiger partial charge in [0, 0.05) is 5.38 Å². The zero-order valence-corrected chi connectivity index (χ0v) is 11.0. The highest BCUT2D eigenvalue weighted by atomic mass is 79.9. The molecule has 0 atom stereocenters. The van der Waals surface area contributed by atoms with Crippen LogP contribution in [0.15, 0.2) is 5.38 Å². The Morgan fingerprint density at radius 3 is 2.42 bits per heavy atom. The van der Waals surface area contributed by atoms with E-state index in [2.05, 4.69) is 10.4 Å². The summed E-state index contributed by atoms with van der Waals surface area (Å²) < 4.78 is 0. The van der Waals surface area contributed by atoms with Crippen LogP contribution in [-0.4, -0.2) is 4.98 Å². The highest BCUT2D eigenvalue weighted by Crippen LogP contribution is 2.42. The number of hydrogen-bond acceptors (Lipinski definition) is 3. The summed E-state index contributed by atoms with van der Waals surface area (Å²) in [6.07, 6.45) is 2.21. The normalized spacial score (nSPS) is 17.5. The maximum absolute atomic E-state index is 5.93. The highest BCUT2D eigenvalue weighted by molar-refractivity contribution is 8.93. The molecule has 70 valence electrons. The van der Waals surface area contributed by atoms with Gasteiger partial charge >= 0.3 is 0 Å². The third-order valence-corrected chi connectivity index (χ3v) is 2.69. The van der Waals surface area contributed by atoms with Gasteiger partial charge in [0.1, 0.15) is 0 Å². The first kappa shape index (κ1) is 12.6. The monoisotopic (exact) mass is 314 g/mol. The number of thiazole rings is 1. The van der Waals surface area contributed by atoms with Gasteiger partial charge in [-0.3, -0.25) is 0 Å². The Morgan fingerprint density at radius 2 is 2.08 bits per heavy atom. The minimum absolute atomic E-state index is 0. The molecule has 2 rings (SSSR count). The molecule has 1 aliphatic rings. The average Bonchev–Trinajstić information content (AvgIpc) is 2.45. The van der Waals surface area contributed by atoms with Gasteiger partial charge in [-0.2, -0.15) is 0 Å². The third-order valence-electron chi connectivity index (χ3n) is 1.92. The quantitative estimate of drug-likeness (QED) is 0.865. The van der Waals surface area contributed by atoms with Gasteiger partial charge in [-0.05, 0) is 19.8 Å². The molecule has 0 unspecified atom stereocenters. The lowest BCUT2D eigenvalue weighted by Gasteiger charge is -2.01. The molecule has 1 aromatic heterocycles. The average molecular weight is 316 g/mol. The van der Waals surface area contributed by atoms with Crippen molar-refractivity contribution in [1.82, 2.24) is 4.98 Å². The molecule has 1 fully saturated rings. The number of hydrogen-bond donors (Lipinski definition) is 1. The molecule has 0 aliphatic heterocycles. The summed E-state index contributed by atoms with van der Waals surface area (Å²) in [5.41, 5.74) is 6.98. The molecule has 0 aromatic carbocycles. The first-order valence-electron chi connectivity index (χ1n) is 3.42. The van der Waals surface area contributed by atoms with Crippen LogP contribution in [0.4, 0.5) is 0 Å². The Balaban J connectivity index is 0.000000605. The van der Waals surface area contributed by atoms with Crippen LogP contribution in [0, 0.1) is 6.92 Å². The van der Waals surface area contributed by atoms with Gasteiger partial charge in [-0.25, -0.2) is 4.98 Å².